The number of hydrogen-bond donors (Lipinski definition) is 0. The molecule has 1 aromatic heterocycles. The Morgan fingerprint density at radius 1 is 1.05 bits per heavy atom. The van der Waals surface area contributed by atoms with Crippen LogP contribution in [0.15, 0.2) is 24.5 Å². The van der Waals surface area contributed by atoms with Crippen LogP contribution in [0.2, 0.25) is 0 Å². The zero-order valence-corrected chi connectivity index (χ0v) is 10.9. The van der Waals surface area contributed by atoms with Crippen LogP contribution in [-0.2, 0) is 10.0 Å². The number of rotatable bonds is 2. The Morgan fingerprint density at radius 2 is 1.58 bits per heavy atom. The van der Waals surface area contributed by atoms with Gasteiger partial charge in [0, 0.05) is 30.9 Å². The summed E-state index contributed by atoms with van der Waals surface area (Å²) in [5.41, 5.74) is -4.54. The van der Waals surface area contributed by atoms with E-state index >= 15 is 0 Å². The first-order valence-electron chi connectivity index (χ1n) is 5.90. The van der Waals surface area contributed by atoms with E-state index in [-0.39, 0.29) is 3.97 Å². The SMILES string of the molecule is O=S(=O)([n+]1ccc(N2CCCCC2)cc1)C(F)(F)F. The van der Waals surface area contributed by atoms with Crippen LogP contribution in [0, 0.1) is 0 Å². The molecule has 4 nitrogen and oxygen atoms in total. The van der Waals surface area contributed by atoms with E-state index in [1.54, 1.807) is 0 Å². The third-order valence-electron chi connectivity index (χ3n) is 3.08. The highest BCUT2D eigenvalue weighted by Gasteiger charge is 2.54. The van der Waals surface area contributed by atoms with E-state index in [0.717, 1.165) is 50.4 Å². The first kappa shape index (κ1) is 14.1. The summed E-state index contributed by atoms with van der Waals surface area (Å²) in [5, 5.41) is 0. The second-order valence-corrected chi connectivity index (χ2v) is 6.22. The molecule has 1 aliphatic heterocycles. The lowest BCUT2D eigenvalue weighted by atomic mass is 10.1. The van der Waals surface area contributed by atoms with Crippen molar-refractivity contribution in [1.29, 1.82) is 0 Å². The fourth-order valence-corrected chi connectivity index (χ4v) is 2.73. The molecule has 0 radical (unpaired) electrons. The zero-order chi connectivity index (χ0) is 14.1. The zero-order valence-electron chi connectivity index (χ0n) is 10.1. The van der Waals surface area contributed by atoms with Crippen LogP contribution in [0.5, 0.6) is 0 Å². The van der Waals surface area contributed by atoms with Crippen molar-refractivity contribution < 1.29 is 25.6 Å². The van der Waals surface area contributed by atoms with Crippen molar-refractivity contribution in [3.8, 4) is 0 Å². The van der Waals surface area contributed by atoms with Gasteiger partial charge in [-0.25, -0.2) is 0 Å². The maximum atomic E-state index is 12.4. The largest absolute Gasteiger partial charge is 0.560 e. The Bertz CT molecular complexity index is 534. The summed E-state index contributed by atoms with van der Waals surface area (Å²) in [6.07, 6.45) is 5.09. The number of nitrogens with zero attached hydrogens (tertiary/aromatic N) is 2. The van der Waals surface area contributed by atoms with Crippen molar-refractivity contribution in [2.45, 2.75) is 24.8 Å². The third kappa shape index (κ3) is 2.83. The fourth-order valence-electron chi connectivity index (χ4n) is 2.05. The van der Waals surface area contributed by atoms with Gasteiger partial charge < -0.3 is 4.90 Å². The molecule has 2 rings (SSSR count). The minimum absolute atomic E-state index is 0.195. The summed E-state index contributed by atoms with van der Waals surface area (Å²) in [5.74, 6) is 0. The maximum absolute atomic E-state index is 12.4. The molecule has 19 heavy (non-hydrogen) atoms. The molecule has 0 atom stereocenters. The van der Waals surface area contributed by atoms with Crippen LogP contribution >= 0.6 is 0 Å². The topological polar surface area (TPSA) is 41.3 Å². The molecule has 1 saturated heterocycles. The lowest BCUT2D eigenvalue weighted by molar-refractivity contribution is -0.518. The fraction of sp³-hybridized carbons (Fsp3) is 0.545. The van der Waals surface area contributed by atoms with E-state index in [9.17, 15) is 21.6 Å². The van der Waals surface area contributed by atoms with E-state index in [2.05, 4.69) is 0 Å². The average molecular weight is 295 g/mol. The molecule has 2 heterocycles. The summed E-state index contributed by atoms with van der Waals surface area (Å²) in [4.78, 5) is 2.04. The van der Waals surface area contributed by atoms with Gasteiger partial charge in [-0.1, -0.05) is 3.97 Å². The Balaban J connectivity index is 2.23. The van der Waals surface area contributed by atoms with Crippen LogP contribution in [0.1, 0.15) is 19.3 Å². The van der Waals surface area contributed by atoms with Crippen molar-refractivity contribution in [3.63, 3.8) is 0 Å². The summed E-state index contributed by atoms with van der Waals surface area (Å²) < 4.78 is 59.6. The maximum Gasteiger partial charge on any atom is 0.560 e. The Morgan fingerprint density at radius 3 is 2.05 bits per heavy atom. The van der Waals surface area contributed by atoms with E-state index in [1.807, 2.05) is 4.90 Å². The number of alkyl halides is 3. The number of piperidine rings is 1. The molecule has 106 valence electrons. The molecule has 0 unspecified atom stereocenters. The van der Waals surface area contributed by atoms with Gasteiger partial charge in [-0.05, 0) is 19.3 Å². The number of halogens is 3. The number of anilines is 1. The van der Waals surface area contributed by atoms with Gasteiger partial charge >= 0.3 is 15.5 Å². The predicted molar refractivity (Wildman–Crippen MR) is 63.1 cm³/mol. The standard InChI is InChI=1S/C11H14F3N2O2S/c12-11(13,14)19(17,18)16-8-4-10(5-9-16)15-6-2-1-3-7-15/h4-5,8-9H,1-3,6-7H2/q+1. The van der Waals surface area contributed by atoms with Crippen LogP contribution in [-0.4, -0.2) is 27.0 Å². The molecule has 0 N–H and O–H groups in total. The number of aromatic nitrogens is 1. The molecule has 0 aliphatic carbocycles. The monoisotopic (exact) mass is 295 g/mol. The molecule has 0 bridgehead atoms. The number of pyridine rings is 1. The highest BCUT2D eigenvalue weighted by atomic mass is 32.2. The molecular weight excluding hydrogens is 281 g/mol. The van der Waals surface area contributed by atoms with E-state index in [4.69, 9.17) is 0 Å². The Labute approximate surface area is 109 Å². The van der Waals surface area contributed by atoms with Crippen molar-refractivity contribution in [2.24, 2.45) is 0 Å². The van der Waals surface area contributed by atoms with Crippen LogP contribution in [0.3, 0.4) is 0 Å². The molecule has 0 amide bonds. The van der Waals surface area contributed by atoms with Crippen molar-refractivity contribution >= 4 is 15.7 Å². The normalized spacial score (nSPS) is 17.5. The highest BCUT2D eigenvalue weighted by Crippen LogP contribution is 2.22. The average Bonchev–Trinajstić information content (AvgIpc) is 2.39. The Kier molecular flexibility index (Phi) is 3.71. The molecule has 0 spiro atoms. The molecule has 0 aromatic carbocycles. The van der Waals surface area contributed by atoms with E-state index < -0.39 is 15.5 Å². The first-order valence-corrected chi connectivity index (χ1v) is 7.34. The van der Waals surface area contributed by atoms with E-state index in [1.165, 1.54) is 12.1 Å². The van der Waals surface area contributed by atoms with Crippen LogP contribution < -0.4 is 8.87 Å². The van der Waals surface area contributed by atoms with Gasteiger partial charge in [0.1, 0.15) is 0 Å². The first-order chi connectivity index (χ1) is 8.82. The van der Waals surface area contributed by atoms with Gasteiger partial charge in [-0.15, -0.1) is 0 Å². The molecule has 0 saturated carbocycles. The second kappa shape index (κ2) is 4.99. The summed E-state index contributed by atoms with van der Waals surface area (Å²) >= 11 is 0. The molecule has 1 aromatic rings. The summed E-state index contributed by atoms with van der Waals surface area (Å²) in [6.45, 7) is 1.69. The lowest BCUT2D eigenvalue weighted by Crippen LogP contribution is -2.50. The van der Waals surface area contributed by atoms with Crippen molar-refractivity contribution in [1.82, 2.24) is 0 Å². The molecule has 8 heteroatoms. The number of hydrogen-bond acceptors (Lipinski definition) is 3. The lowest BCUT2D eigenvalue weighted by Gasteiger charge is -2.28. The van der Waals surface area contributed by atoms with Gasteiger partial charge in [0.15, 0.2) is 12.4 Å². The van der Waals surface area contributed by atoms with Gasteiger partial charge in [-0.2, -0.15) is 21.6 Å². The highest BCUT2D eigenvalue weighted by molar-refractivity contribution is 7.85. The summed E-state index contributed by atoms with van der Waals surface area (Å²) in [6, 6.07) is 2.79. The quantitative estimate of drug-likeness (QED) is 0.779. The molecular formula is C11H14F3N2O2S+. The minimum Gasteiger partial charge on any atom is -0.371 e. The van der Waals surface area contributed by atoms with E-state index in [0.29, 0.717) is 0 Å². The molecule has 1 aliphatic rings. The van der Waals surface area contributed by atoms with Gasteiger partial charge in [0.25, 0.3) is 0 Å². The minimum atomic E-state index is -5.33. The van der Waals surface area contributed by atoms with Crippen molar-refractivity contribution in [2.75, 3.05) is 18.0 Å². The predicted octanol–water partition coefficient (Wildman–Crippen LogP) is 1.66. The Hall–Kier alpha value is -1.31. The smallest absolute Gasteiger partial charge is 0.371 e. The summed E-state index contributed by atoms with van der Waals surface area (Å²) in [7, 11) is -5.33. The van der Waals surface area contributed by atoms with Crippen LogP contribution in [0.25, 0.3) is 0 Å². The second-order valence-electron chi connectivity index (χ2n) is 4.38. The van der Waals surface area contributed by atoms with Gasteiger partial charge in [0.05, 0.1) is 0 Å². The van der Waals surface area contributed by atoms with Crippen molar-refractivity contribution in [3.05, 3.63) is 24.5 Å². The third-order valence-corrected chi connectivity index (χ3v) is 4.46. The molecule has 1 fully saturated rings. The van der Waals surface area contributed by atoms with Gasteiger partial charge in [-0.3, -0.25) is 0 Å². The van der Waals surface area contributed by atoms with Gasteiger partial charge in [0.2, 0.25) is 0 Å². The van der Waals surface area contributed by atoms with Crippen LogP contribution in [0.4, 0.5) is 18.9 Å².